The number of urea groups is 1. The van der Waals surface area contributed by atoms with Crippen molar-refractivity contribution in [2.75, 3.05) is 19.6 Å². The Balaban J connectivity index is 1.94. The van der Waals surface area contributed by atoms with Crippen molar-refractivity contribution < 1.29 is 18.0 Å². The van der Waals surface area contributed by atoms with Gasteiger partial charge in [0.2, 0.25) is 15.9 Å². The highest BCUT2D eigenvalue weighted by atomic mass is 35.5. The van der Waals surface area contributed by atoms with E-state index in [0.717, 1.165) is 4.90 Å². The molecule has 0 bridgehead atoms. The molecule has 1 aliphatic rings. The van der Waals surface area contributed by atoms with Gasteiger partial charge >= 0.3 is 6.03 Å². The Hall–Kier alpha value is -1.64. The third-order valence-corrected chi connectivity index (χ3v) is 4.42. The van der Waals surface area contributed by atoms with Crippen LogP contribution in [-0.4, -0.2) is 44.9 Å². The van der Waals surface area contributed by atoms with E-state index in [-0.39, 0.29) is 30.4 Å². The van der Waals surface area contributed by atoms with E-state index in [2.05, 4.69) is 10.0 Å². The van der Waals surface area contributed by atoms with Crippen LogP contribution in [-0.2, 0) is 14.8 Å². The molecule has 0 unspecified atom stereocenters. The molecule has 0 spiro atoms. The number of carbonyl (C=O) groups excluding carboxylic acids is 2. The lowest BCUT2D eigenvalue weighted by Gasteiger charge is -2.13. The first-order chi connectivity index (χ1) is 9.40. The lowest BCUT2D eigenvalue weighted by molar-refractivity contribution is -0.124. The van der Waals surface area contributed by atoms with Gasteiger partial charge in [-0.25, -0.2) is 17.9 Å². The lowest BCUT2D eigenvalue weighted by atomic mass is 10.4. The average Bonchev–Trinajstić information content (AvgIpc) is 2.71. The Bertz CT molecular complexity index is 614. The molecule has 1 aliphatic heterocycles. The second-order valence-electron chi connectivity index (χ2n) is 4.06. The predicted molar refractivity (Wildman–Crippen MR) is 71.8 cm³/mol. The monoisotopic (exact) mass is 317 g/mol. The maximum absolute atomic E-state index is 11.9. The van der Waals surface area contributed by atoms with Gasteiger partial charge in [-0.05, 0) is 24.3 Å². The summed E-state index contributed by atoms with van der Waals surface area (Å²) in [4.78, 5) is 23.6. The van der Waals surface area contributed by atoms with Crippen LogP contribution in [0.25, 0.3) is 0 Å². The minimum Gasteiger partial charge on any atom is -0.329 e. The average molecular weight is 318 g/mol. The molecule has 1 aromatic rings. The summed E-state index contributed by atoms with van der Waals surface area (Å²) in [7, 11) is -3.68. The molecule has 108 valence electrons. The van der Waals surface area contributed by atoms with Gasteiger partial charge in [0.1, 0.15) is 0 Å². The first-order valence-electron chi connectivity index (χ1n) is 5.73. The predicted octanol–water partition coefficient (Wildman–Crippen LogP) is 0.170. The van der Waals surface area contributed by atoms with Crippen LogP contribution in [0.4, 0.5) is 4.79 Å². The number of benzene rings is 1. The van der Waals surface area contributed by atoms with Gasteiger partial charge in [0.25, 0.3) is 0 Å². The van der Waals surface area contributed by atoms with E-state index in [1.54, 1.807) is 0 Å². The SMILES string of the molecule is O=C1CNC(=O)N1CCNS(=O)(=O)c1ccc(Cl)cc1. The molecule has 0 aliphatic carbocycles. The molecule has 3 amide bonds. The molecule has 1 saturated heterocycles. The number of sulfonamides is 1. The number of hydrogen-bond donors (Lipinski definition) is 2. The van der Waals surface area contributed by atoms with Crippen molar-refractivity contribution in [3.05, 3.63) is 29.3 Å². The van der Waals surface area contributed by atoms with Crippen molar-refractivity contribution in [2.45, 2.75) is 4.90 Å². The zero-order valence-electron chi connectivity index (χ0n) is 10.3. The minimum atomic E-state index is -3.68. The Morgan fingerprint density at radius 1 is 1.25 bits per heavy atom. The fraction of sp³-hybridized carbons (Fsp3) is 0.273. The number of imide groups is 1. The Labute approximate surface area is 120 Å². The molecule has 0 aromatic heterocycles. The number of carbonyl (C=O) groups is 2. The number of nitrogens with zero attached hydrogens (tertiary/aromatic N) is 1. The molecule has 0 radical (unpaired) electrons. The second kappa shape index (κ2) is 5.78. The van der Waals surface area contributed by atoms with Crippen LogP contribution >= 0.6 is 11.6 Å². The van der Waals surface area contributed by atoms with Gasteiger partial charge in [0, 0.05) is 18.1 Å². The third-order valence-electron chi connectivity index (χ3n) is 2.69. The molecule has 9 heteroatoms. The van der Waals surface area contributed by atoms with E-state index in [1.807, 2.05) is 0 Å². The fourth-order valence-electron chi connectivity index (χ4n) is 1.67. The highest BCUT2D eigenvalue weighted by Crippen LogP contribution is 2.13. The quantitative estimate of drug-likeness (QED) is 0.757. The van der Waals surface area contributed by atoms with E-state index < -0.39 is 16.1 Å². The topological polar surface area (TPSA) is 95.6 Å². The number of rotatable bonds is 5. The van der Waals surface area contributed by atoms with E-state index in [9.17, 15) is 18.0 Å². The first kappa shape index (κ1) is 14.8. The summed E-state index contributed by atoms with van der Waals surface area (Å²) >= 11 is 5.68. The highest BCUT2D eigenvalue weighted by Gasteiger charge is 2.28. The molecule has 1 heterocycles. The van der Waals surface area contributed by atoms with Crippen molar-refractivity contribution in [2.24, 2.45) is 0 Å². The minimum absolute atomic E-state index is 0.0164. The number of nitrogens with one attached hydrogen (secondary N) is 2. The second-order valence-corrected chi connectivity index (χ2v) is 6.26. The normalized spacial score (nSPS) is 15.6. The van der Waals surface area contributed by atoms with E-state index >= 15 is 0 Å². The molecule has 1 fully saturated rings. The van der Waals surface area contributed by atoms with Crippen LogP contribution in [0.2, 0.25) is 5.02 Å². The van der Waals surface area contributed by atoms with E-state index in [0.29, 0.717) is 5.02 Å². The molecule has 0 atom stereocenters. The van der Waals surface area contributed by atoms with E-state index in [1.165, 1.54) is 24.3 Å². The lowest BCUT2D eigenvalue weighted by Crippen LogP contribution is -2.38. The third kappa shape index (κ3) is 3.27. The summed E-state index contributed by atoms with van der Waals surface area (Å²) in [6.45, 7) is -0.121. The molecule has 0 saturated carbocycles. The van der Waals surface area contributed by atoms with Gasteiger partial charge < -0.3 is 5.32 Å². The van der Waals surface area contributed by atoms with Crippen LogP contribution in [0.5, 0.6) is 0 Å². The van der Waals surface area contributed by atoms with Crippen molar-refractivity contribution in [3.63, 3.8) is 0 Å². The summed E-state index contributed by atoms with van der Waals surface area (Å²) in [6, 6.07) is 5.17. The summed E-state index contributed by atoms with van der Waals surface area (Å²) in [5.41, 5.74) is 0. The summed E-state index contributed by atoms with van der Waals surface area (Å²) in [6.07, 6.45) is 0. The van der Waals surface area contributed by atoms with Crippen molar-refractivity contribution in [1.29, 1.82) is 0 Å². The number of halogens is 1. The van der Waals surface area contributed by atoms with Gasteiger partial charge in [-0.15, -0.1) is 0 Å². The van der Waals surface area contributed by atoms with Crippen LogP contribution in [0.1, 0.15) is 0 Å². The van der Waals surface area contributed by atoms with Crippen molar-refractivity contribution in [1.82, 2.24) is 14.9 Å². The van der Waals surface area contributed by atoms with Gasteiger partial charge in [0.15, 0.2) is 0 Å². The molecule has 20 heavy (non-hydrogen) atoms. The van der Waals surface area contributed by atoms with Gasteiger partial charge in [-0.3, -0.25) is 9.69 Å². The van der Waals surface area contributed by atoms with Gasteiger partial charge in [0.05, 0.1) is 11.4 Å². The van der Waals surface area contributed by atoms with Gasteiger partial charge in [-0.1, -0.05) is 11.6 Å². The number of hydrogen-bond acceptors (Lipinski definition) is 4. The summed E-state index contributed by atoms with van der Waals surface area (Å²) in [5.74, 6) is -0.374. The van der Waals surface area contributed by atoms with Crippen LogP contribution in [0, 0.1) is 0 Å². The molecular formula is C11H12ClN3O4S. The summed E-state index contributed by atoms with van der Waals surface area (Å²) < 4.78 is 26.2. The molecule has 2 rings (SSSR count). The fourth-order valence-corrected chi connectivity index (χ4v) is 2.82. The first-order valence-corrected chi connectivity index (χ1v) is 7.60. The largest absolute Gasteiger partial charge is 0.329 e. The zero-order chi connectivity index (χ0) is 14.8. The van der Waals surface area contributed by atoms with Crippen molar-refractivity contribution in [3.8, 4) is 0 Å². The maximum Gasteiger partial charge on any atom is 0.324 e. The van der Waals surface area contributed by atoms with Crippen LogP contribution in [0.3, 0.4) is 0 Å². The van der Waals surface area contributed by atoms with E-state index in [4.69, 9.17) is 11.6 Å². The highest BCUT2D eigenvalue weighted by molar-refractivity contribution is 7.89. The standard InChI is InChI=1S/C11H12ClN3O4S/c12-8-1-3-9(4-2-8)20(18,19)14-5-6-15-10(16)7-13-11(15)17/h1-4,14H,5-7H2,(H,13,17). The van der Waals surface area contributed by atoms with Crippen molar-refractivity contribution >= 4 is 33.6 Å². The Morgan fingerprint density at radius 2 is 1.90 bits per heavy atom. The Kier molecular flexibility index (Phi) is 4.26. The van der Waals surface area contributed by atoms with Crippen LogP contribution in [0.15, 0.2) is 29.2 Å². The molecule has 7 nitrogen and oxygen atoms in total. The zero-order valence-corrected chi connectivity index (χ0v) is 11.9. The maximum atomic E-state index is 11.9. The van der Waals surface area contributed by atoms with Crippen LogP contribution < -0.4 is 10.0 Å². The molecular weight excluding hydrogens is 306 g/mol. The Morgan fingerprint density at radius 3 is 2.45 bits per heavy atom. The molecule has 2 N–H and O–H groups in total. The number of amides is 3. The molecule has 1 aromatic carbocycles. The van der Waals surface area contributed by atoms with Gasteiger partial charge in [-0.2, -0.15) is 0 Å². The summed E-state index contributed by atoms with van der Waals surface area (Å²) in [5, 5.41) is 2.78. The smallest absolute Gasteiger partial charge is 0.324 e.